The lowest BCUT2D eigenvalue weighted by molar-refractivity contribution is -0.189. The van der Waals surface area contributed by atoms with Gasteiger partial charge in [-0.15, -0.1) is 0 Å². The molecule has 0 radical (unpaired) electrons. The van der Waals surface area contributed by atoms with E-state index < -0.39 is 5.79 Å². The second-order valence-corrected chi connectivity index (χ2v) is 9.24. The van der Waals surface area contributed by atoms with E-state index >= 15 is 0 Å². The Hall–Kier alpha value is -2.54. The van der Waals surface area contributed by atoms with Gasteiger partial charge in [0, 0.05) is 23.0 Å². The van der Waals surface area contributed by atoms with Gasteiger partial charge in [-0.1, -0.05) is 77.3 Å². The molecule has 2 unspecified atom stereocenters. The van der Waals surface area contributed by atoms with Crippen LogP contribution in [-0.2, 0) is 21.8 Å². The SMILES string of the molecule is Clc1ccc(C2(Cn3ccnc3)OCC(COc3ccc(-c4ccccc4)cc3Cl)O2)c(Cl)c1. The maximum absolute atomic E-state index is 6.53. The van der Waals surface area contributed by atoms with Gasteiger partial charge in [0.1, 0.15) is 18.5 Å². The highest BCUT2D eigenvalue weighted by atomic mass is 35.5. The van der Waals surface area contributed by atoms with E-state index in [1.165, 1.54) is 0 Å². The number of rotatable bonds is 7. The summed E-state index contributed by atoms with van der Waals surface area (Å²) in [6.07, 6.45) is 4.92. The van der Waals surface area contributed by atoms with Crippen molar-refractivity contribution in [3.63, 3.8) is 0 Å². The summed E-state index contributed by atoms with van der Waals surface area (Å²) in [6.45, 7) is 0.964. The molecule has 34 heavy (non-hydrogen) atoms. The van der Waals surface area contributed by atoms with Crippen LogP contribution in [0.1, 0.15) is 5.56 Å². The Morgan fingerprint density at radius 1 is 0.971 bits per heavy atom. The molecule has 3 aromatic carbocycles. The molecule has 4 aromatic rings. The van der Waals surface area contributed by atoms with Crippen LogP contribution < -0.4 is 4.74 Å². The first-order valence-corrected chi connectivity index (χ1v) is 11.9. The van der Waals surface area contributed by atoms with Crippen molar-refractivity contribution in [2.24, 2.45) is 0 Å². The molecule has 174 valence electrons. The summed E-state index contributed by atoms with van der Waals surface area (Å²) in [5.41, 5.74) is 2.81. The summed E-state index contributed by atoms with van der Waals surface area (Å²) in [4.78, 5) is 4.12. The molecule has 5 nitrogen and oxygen atoms in total. The third kappa shape index (κ3) is 4.95. The van der Waals surface area contributed by atoms with E-state index in [0.717, 1.165) is 11.1 Å². The predicted octanol–water partition coefficient (Wildman–Crippen LogP) is 6.86. The Bertz CT molecular complexity index is 1270. The zero-order chi connectivity index (χ0) is 23.5. The minimum Gasteiger partial charge on any atom is -0.489 e. The fourth-order valence-corrected chi connectivity index (χ4v) is 4.77. The van der Waals surface area contributed by atoms with Crippen molar-refractivity contribution in [3.05, 3.63) is 106 Å². The summed E-state index contributed by atoms with van der Waals surface area (Å²) < 4.78 is 20.5. The lowest BCUT2D eigenvalue weighted by Gasteiger charge is -2.30. The number of ether oxygens (including phenoxy) is 3. The molecule has 1 aromatic heterocycles. The van der Waals surface area contributed by atoms with E-state index in [0.29, 0.717) is 39.5 Å². The Kier molecular flexibility index (Phi) is 6.82. The molecule has 0 bridgehead atoms. The molecule has 1 saturated heterocycles. The van der Waals surface area contributed by atoms with Gasteiger partial charge in [0.15, 0.2) is 0 Å². The van der Waals surface area contributed by atoms with Gasteiger partial charge >= 0.3 is 0 Å². The summed E-state index contributed by atoms with van der Waals surface area (Å²) >= 11 is 19.1. The Morgan fingerprint density at radius 3 is 2.56 bits per heavy atom. The molecule has 2 heterocycles. The number of hydrogen-bond donors (Lipinski definition) is 0. The molecule has 0 amide bonds. The lowest BCUT2D eigenvalue weighted by atomic mass is 10.1. The van der Waals surface area contributed by atoms with Gasteiger partial charge in [0.2, 0.25) is 5.79 Å². The summed E-state index contributed by atoms with van der Waals surface area (Å²) in [5.74, 6) is -0.515. The molecule has 2 atom stereocenters. The minimum absolute atomic E-state index is 0.265. The third-order valence-electron chi connectivity index (χ3n) is 5.61. The number of nitrogens with zero attached hydrogens (tertiary/aromatic N) is 2. The van der Waals surface area contributed by atoms with E-state index in [-0.39, 0.29) is 12.7 Å². The fourth-order valence-electron chi connectivity index (χ4n) is 3.99. The summed E-state index contributed by atoms with van der Waals surface area (Å²) in [7, 11) is 0. The average Bonchev–Trinajstić information content (AvgIpc) is 3.49. The number of benzene rings is 3. The highest BCUT2D eigenvalue weighted by Gasteiger charge is 2.45. The van der Waals surface area contributed by atoms with Gasteiger partial charge in [0.25, 0.3) is 0 Å². The molecule has 1 aliphatic rings. The Morgan fingerprint density at radius 2 is 1.82 bits per heavy atom. The van der Waals surface area contributed by atoms with Crippen molar-refractivity contribution in [2.45, 2.75) is 18.4 Å². The lowest BCUT2D eigenvalue weighted by Crippen LogP contribution is -2.34. The summed E-state index contributed by atoms with van der Waals surface area (Å²) in [5, 5.41) is 1.54. The molecule has 0 N–H and O–H groups in total. The first-order valence-electron chi connectivity index (χ1n) is 10.7. The maximum Gasteiger partial charge on any atom is 0.215 e. The van der Waals surface area contributed by atoms with Crippen LogP contribution in [0.5, 0.6) is 5.75 Å². The van der Waals surface area contributed by atoms with E-state index in [1.54, 1.807) is 24.7 Å². The van der Waals surface area contributed by atoms with Crippen molar-refractivity contribution in [2.75, 3.05) is 13.2 Å². The summed E-state index contributed by atoms with van der Waals surface area (Å²) in [6, 6.07) is 21.1. The molecular weight excluding hydrogens is 495 g/mol. The maximum atomic E-state index is 6.53. The number of hydrogen-bond acceptors (Lipinski definition) is 4. The quantitative estimate of drug-likeness (QED) is 0.270. The fraction of sp³-hybridized carbons (Fsp3) is 0.192. The second kappa shape index (κ2) is 9.98. The van der Waals surface area contributed by atoms with Crippen LogP contribution in [-0.4, -0.2) is 28.9 Å². The van der Waals surface area contributed by atoms with Gasteiger partial charge in [-0.05, 0) is 35.4 Å². The van der Waals surface area contributed by atoms with E-state index in [4.69, 9.17) is 49.0 Å². The van der Waals surface area contributed by atoms with Gasteiger partial charge in [-0.3, -0.25) is 0 Å². The number of halogens is 3. The molecule has 0 saturated carbocycles. The van der Waals surface area contributed by atoms with Crippen LogP contribution in [0.3, 0.4) is 0 Å². The van der Waals surface area contributed by atoms with E-state index in [9.17, 15) is 0 Å². The molecule has 0 spiro atoms. The largest absolute Gasteiger partial charge is 0.489 e. The van der Waals surface area contributed by atoms with Crippen molar-refractivity contribution in [1.82, 2.24) is 9.55 Å². The average molecular weight is 516 g/mol. The number of aromatic nitrogens is 2. The highest BCUT2D eigenvalue weighted by molar-refractivity contribution is 6.35. The van der Waals surface area contributed by atoms with Gasteiger partial charge in [-0.25, -0.2) is 4.98 Å². The standard InChI is InChI=1S/C26H21Cl3N2O3/c27-20-7-8-22(23(28)13-20)26(16-31-11-10-30-17-31)33-15-21(34-26)14-32-25-9-6-19(12-24(25)29)18-4-2-1-3-5-18/h1-13,17,21H,14-16H2. The minimum atomic E-state index is -1.10. The normalized spacial score (nSPS) is 19.9. The van der Waals surface area contributed by atoms with Crippen LogP contribution in [0.15, 0.2) is 85.5 Å². The van der Waals surface area contributed by atoms with E-state index in [1.807, 2.05) is 65.4 Å². The molecule has 0 aliphatic carbocycles. The second-order valence-electron chi connectivity index (χ2n) is 7.99. The smallest absolute Gasteiger partial charge is 0.215 e. The molecular formula is C26H21Cl3N2O3. The molecule has 1 aliphatic heterocycles. The highest BCUT2D eigenvalue weighted by Crippen LogP contribution is 2.41. The van der Waals surface area contributed by atoms with Crippen molar-refractivity contribution in [1.29, 1.82) is 0 Å². The predicted molar refractivity (Wildman–Crippen MR) is 134 cm³/mol. The Balaban J connectivity index is 1.32. The Labute approximate surface area is 212 Å². The first-order chi connectivity index (χ1) is 16.5. The van der Waals surface area contributed by atoms with Crippen LogP contribution in [0.4, 0.5) is 0 Å². The van der Waals surface area contributed by atoms with Gasteiger partial charge < -0.3 is 18.8 Å². The van der Waals surface area contributed by atoms with Crippen molar-refractivity contribution >= 4 is 34.8 Å². The van der Waals surface area contributed by atoms with Crippen molar-refractivity contribution < 1.29 is 14.2 Å². The monoisotopic (exact) mass is 514 g/mol. The van der Waals surface area contributed by atoms with Crippen LogP contribution in [0.25, 0.3) is 11.1 Å². The third-order valence-corrected chi connectivity index (χ3v) is 6.46. The van der Waals surface area contributed by atoms with Crippen molar-refractivity contribution in [3.8, 4) is 16.9 Å². The topological polar surface area (TPSA) is 45.5 Å². The molecule has 8 heteroatoms. The number of imidazole rings is 1. The van der Waals surface area contributed by atoms with Gasteiger partial charge in [0.05, 0.1) is 29.5 Å². The van der Waals surface area contributed by atoms with Crippen LogP contribution in [0.2, 0.25) is 15.1 Å². The van der Waals surface area contributed by atoms with E-state index in [2.05, 4.69) is 4.98 Å². The van der Waals surface area contributed by atoms with Gasteiger partial charge in [-0.2, -0.15) is 0 Å². The molecule has 5 rings (SSSR count). The van der Waals surface area contributed by atoms with Crippen LogP contribution >= 0.6 is 34.8 Å². The zero-order valence-corrected chi connectivity index (χ0v) is 20.3. The molecule has 1 fully saturated rings. The first kappa shape index (κ1) is 23.2. The zero-order valence-electron chi connectivity index (χ0n) is 18.0. The van der Waals surface area contributed by atoms with Crippen LogP contribution in [0, 0.1) is 0 Å².